The zero-order valence-electron chi connectivity index (χ0n) is 11.4. The highest BCUT2D eigenvalue weighted by Crippen LogP contribution is 2.21. The molecule has 100 valence electrons. The fraction of sp³-hybridized carbons (Fsp3) is 0.438. The van der Waals surface area contributed by atoms with Crippen molar-refractivity contribution in [2.45, 2.75) is 38.6 Å². The van der Waals surface area contributed by atoms with Gasteiger partial charge in [0.05, 0.1) is 6.20 Å². The van der Waals surface area contributed by atoms with Gasteiger partial charge in [-0.3, -0.25) is 5.10 Å². The summed E-state index contributed by atoms with van der Waals surface area (Å²) in [5.41, 5.74) is 5.58. The van der Waals surface area contributed by atoms with Gasteiger partial charge in [-0.05, 0) is 55.8 Å². The van der Waals surface area contributed by atoms with Gasteiger partial charge in [0.15, 0.2) is 0 Å². The largest absolute Gasteiger partial charge is 0.313 e. The SMILES string of the molecule is Cc1[nH]ncc1CCCNC1Cc2ccccc2C1. The number of rotatable bonds is 5. The molecule has 0 unspecified atom stereocenters. The highest BCUT2D eigenvalue weighted by molar-refractivity contribution is 5.33. The Labute approximate surface area is 114 Å². The van der Waals surface area contributed by atoms with E-state index in [4.69, 9.17) is 0 Å². The lowest BCUT2D eigenvalue weighted by molar-refractivity contribution is 0.523. The van der Waals surface area contributed by atoms with Crippen LogP contribution in [0.4, 0.5) is 0 Å². The molecule has 0 radical (unpaired) electrons. The quantitative estimate of drug-likeness (QED) is 0.806. The predicted octanol–water partition coefficient (Wildman–Crippen LogP) is 2.41. The highest BCUT2D eigenvalue weighted by Gasteiger charge is 2.19. The lowest BCUT2D eigenvalue weighted by atomic mass is 10.1. The highest BCUT2D eigenvalue weighted by atomic mass is 15.1. The van der Waals surface area contributed by atoms with E-state index in [1.807, 2.05) is 6.20 Å². The third kappa shape index (κ3) is 2.87. The van der Waals surface area contributed by atoms with Crippen molar-refractivity contribution in [3.8, 4) is 0 Å². The second-order valence-electron chi connectivity index (χ2n) is 5.45. The minimum Gasteiger partial charge on any atom is -0.313 e. The Kier molecular flexibility index (Phi) is 3.65. The van der Waals surface area contributed by atoms with Crippen LogP contribution in [-0.2, 0) is 19.3 Å². The van der Waals surface area contributed by atoms with Crippen LogP contribution in [0.25, 0.3) is 0 Å². The van der Waals surface area contributed by atoms with Gasteiger partial charge in [0.1, 0.15) is 0 Å². The standard InChI is InChI=1S/C16H21N3/c1-12-15(11-18-19-12)7-4-8-17-16-9-13-5-2-3-6-14(13)10-16/h2-3,5-6,11,16-17H,4,7-10H2,1H3,(H,18,19). The molecule has 1 aliphatic rings. The lowest BCUT2D eigenvalue weighted by Crippen LogP contribution is -2.30. The first-order chi connectivity index (χ1) is 9.33. The smallest absolute Gasteiger partial charge is 0.0522 e. The molecule has 1 heterocycles. The topological polar surface area (TPSA) is 40.7 Å². The van der Waals surface area contributed by atoms with Crippen LogP contribution in [0.2, 0.25) is 0 Å². The fourth-order valence-corrected chi connectivity index (χ4v) is 2.92. The molecule has 1 aliphatic carbocycles. The average Bonchev–Trinajstić information content (AvgIpc) is 3.00. The fourth-order valence-electron chi connectivity index (χ4n) is 2.92. The minimum atomic E-state index is 0.628. The average molecular weight is 255 g/mol. The zero-order valence-corrected chi connectivity index (χ0v) is 11.4. The summed E-state index contributed by atoms with van der Waals surface area (Å²) in [5, 5.41) is 10.7. The van der Waals surface area contributed by atoms with Crippen molar-refractivity contribution < 1.29 is 0 Å². The minimum absolute atomic E-state index is 0.628. The zero-order chi connectivity index (χ0) is 13.1. The summed E-state index contributed by atoms with van der Waals surface area (Å²) in [6.45, 7) is 3.17. The summed E-state index contributed by atoms with van der Waals surface area (Å²) in [6, 6.07) is 9.42. The van der Waals surface area contributed by atoms with Gasteiger partial charge in [-0.15, -0.1) is 0 Å². The van der Waals surface area contributed by atoms with Crippen LogP contribution in [0.3, 0.4) is 0 Å². The van der Waals surface area contributed by atoms with Crippen molar-refractivity contribution in [2.24, 2.45) is 0 Å². The maximum Gasteiger partial charge on any atom is 0.0522 e. The number of benzene rings is 1. The molecule has 3 heteroatoms. The first-order valence-corrected chi connectivity index (χ1v) is 7.12. The summed E-state index contributed by atoms with van der Waals surface area (Å²) in [4.78, 5) is 0. The molecule has 3 rings (SSSR count). The van der Waals surface area contributed by atoms with E-state index in [9.17, 15) is 0 Å². The van der Waals surface area contributed by atoms with Crippen molar-refractivity contribution in [1.29, 1.82) is 0 Å². The van der Waals surface area contributed by atoms with Crippen LogP contribution in [0.5, 0.6) is 0 Å². The molecule has 0 spiro atoms. The van der Waals surface area contributed by atoms with E-state index >= 15 is 0 Å². The first-order valence-electron chi connectivity index (χ1n) is 7.12. The molecular formula is C16H21N3. The molecule has 0 atom stereocenters. The molecule has 0 amide bonds. The normalized spacial score (nSPS) is 14.8. The number of aromatic nitrogens is 2. The van der Waals surface area contributed by atoms with Crippen LogP contribution in [0.1, 0.15) is 28.8 Å². The Morgan fingerprint density at radius 3 is 2.63 bits per heavy atom. The van der Waals surface area contributed by atoms with E-state index in [-0.39, 0.29) is 0 Å². The third-order valence-corrected chi connectivity index (χ3v) is 4.04. The van der Waals surface area contributed by atoms with Gasteiger partial charge in [0.25, 0.3) is 0 Å². The van der Waals surface area contributed by atoms with E-state index in [2.05, 4.69) is 46.7 Å². The number of hydrogen-bond donors (Lipinski definition) is 2. The predicted molar refractivity (Wildman–Crippen MR) is 77.3 cm³/mol. The van der Waals surface area contributed by atoms with E-state index in [0.29, 0.717) is 6.04 Å². The van der Waals surface area contributed by atoms with Crippen molar-refractivity contribution in [3.63, 3.8) is 0 Å². The maximum absolute atomic E-state index is 4.06. The van der Waals surface area contributed by atoms with Crippen molar-refractivity contribution in [2.75, 3.05) is 6.54 Å². The van der Waals surface area contributed by atoms with Crippen molar-refractivity contribution in [1.82, 2.24) is 15.5 Å². The molecule has 2 N–H and O–H groups in total. The Morgan fingerprint density at radius 1 is 1.26 bits per heavy atom. The Bertz CT molecular complexity index is 519. The number of hydrogen-bond acceptors (Lipinski definition) is 2. The summed E-state index contributed by atoms with van der Waals surface area (Å²) >= 11 is 0. The number of aryl methyl sites for hydroxylation is 2. The van der Waals surface area contributed by atoms with Gasteiger partial charge in [0.2, 0.25) is 0 Å². The molecule has 2 aromatic rings. The Morgan fingerprint density at radius 2 is 2.00 bits per heavy atom. The van der Waals surface area contributed by atoms with Crippen LogP contribution in [0, 0.1) is 6.92 Å². The maximum atomic E-state index is 4.06. The van der Waals surface area contributed by atoms with Gasteiger partial charge in [-0.25, -0.2) is 0 Å². The van der Waals surface area contributed by atoms with Crippen LogP contribution < -0.4 is 5.32 Å². The van der Waals surface area contributed by atoms with E-state index in [0.717, 1.165) is 13.0 Å². The van der Waals surface area contributed by atoms with Crippen LogP contribution in [0.15, 0.2) is 30.5 Å². The van der Waals surface area contributed by atoms with Gasteiger partial charge in [-0.2, -0.15) is 5.10 Å². The second kappa shape index (κ2) is 5.57. The monoisotopic (exact) mass is 255 g/mol. The van der Waals surface area contributed by atoms with E-state index in [1.165, 1.54) is 41.6 Å². The summed E-state index contributed by atoms with van der Waals surface area (Å²) in [7, 11) is 0. The third-order valence-electron chi connectivity index (χ3n) is 4.04. The molecule has 1 aromatic heterocycles. The van der Waals surface area contributed by atoms with Crippen LogP contribution in [-0.4, -0.2) is 22.8 Å². The molecule has 19 heavy (non-hydrogen) atoms. The Hall–Kier alpha value is -1.61. The molecular weight excluding hydrogens is 234 g/mol. The molecule has 0 fully saturated rings. The summed E-state index contributed by atoms with van der Waals surface area (Å²) in [6.07, 6.45) is 6.59. The first kappa shape index (κ1) is 12.4. The number of nitrogens with one attached hydrogen (secondary N) is 2. The lowest BCUT2D eigenvalue weighted by Gasteiger charge is -2.11. The number of aromatic amines is 1. The summed E-state index contributed by atoms with van der Waals surface area (Å²) in [5.74, 6) is 0. The van der Waals surface area contributed by atoms with Gasteiger partial charge in [-0.1, -0.05) is 24.3 Å². The van der Waals surface area contributed by atoms with Gasteiger partial charge < -0.3 is 5.32 Å². The molecule has 3 nitrogen and oxygen atoms in total. The van der Waals surface area contributed by atoms with E-state index < -0.39 is 0 Å². The summed E-state index contributed by atoms with van der Waals surface area (Å²) < 4.78 is 0. The second-order valence-corrected chi connectivity index (χ2v) is 5.45. The van der Waals surface area contributed by atoms with Gasteiger partial charge in [0, 0.05) is 11.7 Å². The van der Waals surface area contributed by atoms with Crippen LogP contribution >= 0.6 is 0 Å². The molecule has 0 aliphatic heterocycles. The molecule has 1 aromatic carbocycles. The van der Waals surface area contributed by atoms with Crippen molar-refractivity contribution in [3.05, 3.63) is 52.8 Å². The molecule has 0 bridgehead atoms. The molecule has 0 saturated carbocycles. The van der Waals surface area contributed by atoms with Crippen molar-refractivity contribution >= 4 is 0 Å². The number of H-pyrrole nitrogens is 1. The number of fused-ring (bicyclic) bond motifs is 1. The van der Waals surface area contributed by atoms with E-state index in [1.54, 1.807) is 0 Å². The Balaban J connectivity index is 1.42. The van der Waals surface area contributed by atoms with Gasteiger partial charge >= 0.3 is 0 Å². The number of nitrogens with zero attached hydrogens (tertiary/aromatic N) is 1. The molecule has 0 saturated heterocycles.